The van der Waals surface area contributed by atoms with E-state index in [-0.39, 0.29) is 10.6 Å². The van der Waals surface area contributed by atoms with Crippen molar-refractivity contribution in [3.63, 3.8) is 0 Å². The normalized spacial score (nSPS) is 11.6. The number of nitro groups is 1. The highest BCUT2D eigenvalue weighted by molar-refractivity contribution is 7.13. The Labute approximate surface area is 131 Å². The molecule has 2 aromatic rings. The first-order valence-electron chi connectivity index (χ1n) is 7.07. The van der Waals surface area contributed by atoms with Crippen LogP contribution in [-0.4, -0.2) is 14.9 Å². The van der Waals surface area contributed by atoms with Crippen LogP contribution in [0.25, 0.3) is 11.6 Å². The van der Waals surface area contributed by atoms with Crippen LogP contribution in [0.15, 0.2) is 22.3 Å². The van der Waals surface area contributed by atoms with Crippen molar-refractivity contribution in [2.24, 2.45) is 0 Å². The number of thiophene rings is 1. The number of aryl methyl sites for hydroxylation is 1. The van der Waals surface area contributed by atoms with E-state index in [1.807, 2.05) is 19.9 Å². The van der Waals surface area contributed by atoms with Crippen molar-refractivity contribution < 1.29 is 4.92 Å². The van der Waals surface area contributed by atoms with Crippen molar-refractivity contribution in [2.75, 3.05) is 0 Å². The van der Waals surface area contributed by atoms with E-state index >= 15 is 0 Å². The first-order valence-corrected chi connectivity index (χ1v) is 7.95. The molecule has 0 radical (unpaired) electrons. The molecule has 2 rings (SSSR count). The van der Waals surface area contributed by atoms with Gasteiger partial charge in [0.05, 0.1) is 4.92 Å². The fourth-order valence-corrected chi connectivity index (χ4v) is 2.78. The molecular weight excluding hydrogens is 302 g/mol. The summed E-state index contributed by atoms with van der Waals surface area (Å²) in [5.41, 5.74) is 2.18. The quantitative estimate of drug-likeness (QED) is 0.650. The van der Waals surface area contributed by atoms with E-state index in [2.05, 4.69) is 9.97 Å². The van der Waals surface area contributed by atoms with Crippen molar-refractivity contribution in [2.45, 2.75) is 33.1 Å². The van der Waals surface area contributed by atoms with Gasteiger partial charge >= 0.3 is 5.00 Å². The summed E-state index contributed by atoms with van der Waals surface area (Å²) in [6.45, 7) is 3.99. The fraction of sp³-hybridized carbons (Fsp3) is 0.333. The van der Waals surface area contributed by atoms with Gasteiger partial charge in [0.25, 0.3) is 5.56 Å². The van der Waals surface area contributed by atoms with Crippen LogP contribution in [0.2, 0.25) is 0 Å². The molecule has 0 spiro atoms. The lowest BCUT2D eigenvalue weighted by Crippen LogP contribution is -2.12. The molecule has 1 N–H and O–H groups in total. The molecular formula is C15H17N3O3S. The minimum atomic E-state index is -0.407. The second-order valence-corrected chi connectivity index (χ2v) is 5.72. The van der Waals surface area contributed by atoms with E-state index in [0.29, 0.717) is 12.2 Å². The molecule has 0 aliphatic heterocycles. The van der Waals surface area contributed by atoms with Crippen molar-refractivity contribution in [1.82, 2.24) is 9.97 Å². The van der Waals surface area contributed by atoms with Crippen molar-refractivity contribution in [3.8, 4) is 0 Å². The molecule has 0 bridgehead atoms. The van der Waals surface area contributed by atoms with E-state index < -0.39 is 4.92 Å². The minimum absolute atomic E-state index is 0.0999. The van der Waals surface area contributed by atoms with E-state index in [1.54, 1.807) is 5.38 Å². The molecule has 2 heterocycles. The Hall–Kier alpha value is -2.28. The Morgan fingerprint density at radius 3 is 2.82 bits per heavy atom. The van der Waals surface area contributed by atoms with E-state index in [1.165, 1.54) is 12.1 Å². The Kier molecular flexibility index (Phi) is 5.21. The van der Waals surface area contributed by atoms with Gasteiger partial charge in [-0.05, 0) is 30.1 Å². The fourth-order valence-electron chi connectivity index (χ4n) is 2.09. The zero-order valence-electron chi connectivity index (χ0n) is 12.5. The molecule has 0 amide bonds. The zero-order valence-corrected chi connectivity index (χ0v) is 13.3. The maximum Gasteiger partial charge on any atom is 0.324 e. The number of nitrogens with one attached hydrogen (secondary N) is 1. The second kappa shape index (κ2) is 7.13. The van der Waals surface area contributed by atoms with Crippen LogP contribution in [-0.2, 0) is 6.42 Å². The number of aromatic amines is 1. The van der Waals surface area contributed by atoms with Gasteiger partial charge < -0.3 is 4.98 Å². The number of allylic oxidation sites excluding steroid dienone is 1. The molecule has 0 atom stereocenters. The van der Waals surface area contributed by atoms with E-state index in [4.69, 9.17) is 0 Å². The van der Waals surface area contributed by atoms with Crippen LogP contribution in [0, 0.1) is 10.1 Å². The van der Waals surface area contributed by atoms with Gasteiger partial charge in [0, 0.05) is 23.2 Å². The molecule has 0 aliphatic carbocycles. The Morgan fingerprint density at radius 2 is 2.23 bits per heavy atom. The first kappa shape index (κ1) is 16.1. The molecule has 22 heavy (non-hydrogen) atoms. The number of nitrogens with zero attached hydrogens (tertiary/aromatic N) is 2. The standard InChI is InChI=1S/C15H17N3O3S/c1-3-5-12-8-13(19)17-15(16-12)11(4-2)6-10-7-14(18(20)21)22-9-10/h6-9H,3-5H2,1-2H3,(H,16,17,19). The number of aromatic nitrogens is 2. The van der Waals surface area contributed by atoms with E-state index in [9.17, 15) is 14.9 Å². The average Bonchev–Trinajstić information content (AvgIpc) is 2.93. The third kappa shape index (κ3) is 3.88. The van der Waals surface area contributed by atoms with Gasteiger partial charge in [-0.3, -0.25) is 14.9 Å². The molecule has 0 aliphatic rings. The highest BCUT2D eigenvalue weighted by Crippen LogP contribution is 2.26. The van der Waals surface area contributed by atoms with Crippen LogP contribution >= 0.6 is 11.3 Å². The molecule has 0 unspecified atom stereocenters. The van der Waals surface area contributed by atoms with E-state index in [0.717, 1.165) is 41.0 Å². The van der Waals surface area contributed by atoms with Crippen LogP contribution in [0.3, 0.4) is 0 Å². The summed E-state index contributed by atoms with van der Waals surface area (Å²) in [6.07, 6.45) is 4.16. The summed E-state index contributed by atoms with van der Waals surface area (Å²) in [5.74, 6) is 0.535. The second-order valence-electron chi connectivity index (χ2n) is 4.83. The average molecular weight is 319 g/mol. The minimum Gasteiger partial charge on any atom is -0.307 e. The van der Waals surface area contributed by atoms with Crippen molar-refractivity contribution >= 4 is 28.0 Å². The molecule has 2 aromatic heterocycles. The summed E-state index contributed by atoms with van der Waals surface area (Å²) in [4.78, 5) is 29.3. The molecule has 0 aromatic carbocycles. The molecule has 0 saturated carbocycles. The summed E-state index contributed by atoms with van der Waals surface area (Å²) < 4.78 is 0. The molecule has 116 valence electrons. The molecule has 0 saturated heterocycles. The highest BCUT2D eigenvalue weighted by atomic mass is 32.1. The van der Waals surface area contributed by atoms with Crippen molar-refractivity contribution in [1.29, 1.82) is 0 Å². The summed E-state index contributed by atoms with van der Waals surface area (Å²) in [7, 11) is 0. The third-order valence-corrected chi connectivity index (χ3v) is 4.01. The van der Waals surface area contributed by atoms with Gasteiger partial charge in [0.2, 0.25) is 0 Å². The summed E-state index contributed by atoms with van der Waals surface area (Å²) >= 11 is 1.08. The summed E-state index contributed by atoms with van der Waals surface area (Å²) in [6, 6.07) is 3.03. The van der Waals surface area contributed by atoms with Crippen LogP contribution in [0.1, 0.15) is 43.8 Å². The lowest BCUT2D eigenvalue weighted by atomic mass is 10.1. The number of hydrogen-bond donors (Lipinski definition) is 1. The van der Waals surface area contributed by atoms with Gasteiger partial charge in [0.15, 0.2) is 0 Å². The van der Waals surface area contributed by atoms with Gasteiger partial charge in [-0.15, -0.1) is 0 Å². The number of H-pyrrole nitrogens is 1. The summed E-state index contributed by atoms with van der Waals surface area (Å²) in [5, 5.41) is 12.6. The SMILES string of the molecule is CCCc1cc(=O)[nH]c(C(=Cc2csc([N+](=O)[O-])c2)CC)n1. The number of hydrogen-bond acceptors (Lipinski definition) is 5. The van der Waals surface area contributed by atoms with Crippen molar-refractivity contribution in [3.05, 3.63) is 55.1 Å². The Balaban J connectivity index is 2.40. The highest BCUT2D eigenvalue weighted by Gasteiger charge is 2.10. The lowest BCUT2D eigenvalue weighted by Gasteiger charge is -2.06. The van der Waals surface area contributed by atoms with Crippen LogP contribution in [0.5, 0.6) is 0 Å². The van der Waals surface area contributed by atoms with Crippen LogP contribution in [0.4, 0.5) is 5.00 Å². The Morgan fingerprint density at radius 1 is 1.45 bits per heavy atom. The molecule has 6 nitrogen and oxygen atoms in total. The number of rotatable bonds is 6. The maximum absolute atomic E-state index is 11.7. The third-order valence-electron chi connectivity index (χ3n) is 3.11. The molecule has 7 heteroatoms. The van der Waals surface area contributed by atoms with Gasteiger partial charge in [-0.2, -0.15) is 0 Å². The first-order chi connectivity index (χ1) is 10.5. The largest absolute Gasteiger partial charge is 0.324 e. The zero-order chi connectivity index (χ0) is 16.1. The monoisotopic (exact) mass is 319 g/mol. The topological polar surface area (TPSA) is 88.9 Å². The van der Waals surface area contributed by atoms with Gasteiger partial charge in [0.1, 0.15) is 5.82 Å². The van der Waals surface area contributed by atoms with Gasteiger partial charge in [-0.25, -0.2) is 4.98 Å². The maximum atomic E-state index is 11.7. The predicted molar refractivity (Wildman–Crippen MR) is 88.0 cm³/mol. The van der Waals surface area contributed by atoms with Crippen LogP contribution < -0.4 is 5.56 Å². The smallest absolute Gasteiger partial charge is 0.307 e. The molecule has 0 fully saturated rings. The lowest BCUT2D eigenvalue weighted by molar-refractivity contribution is -0.380. The Bertz CT molecular complexity index is 761. The van der Waals surface area contributed by atoms with Gasteiger partial charge in [-0.1, -0.05) is 31.6 Å². The predicted octanol–water partition coefficient (Wildman–Crippen LogP) is 3.64.